The van der Waals surface area contributed by atoms with Crippen molar-refractivity contribution in [3.8, 4) is 0 Å². The lowest BCUT2D eigenvalue weighted by Gasteiger charge is -2.34. The fraction of sp³-hybridized carbons (Fsp3) is 0.310. The Balaban J connectivity index is 2.09. The third-order valence-electron chi connectivity index (χ3n) is 6.43. The summed E-state index contributed by atoms with van der Waals surface area (Å²) in [5, 5.41) is 3.79. The molecule has 214 valence electrons. The third-order valence-corrected chi connectivity index (χ3v) is 8.46. The first-order valence-corrected chi connectivity index (χ1v) is 15.7. The van der Waals surface area contributed by atoms with E-state index in [4.69, 9.17) is 34.8 Å². The summed E-state index contributed by atoms with van der Waals surface area (Å²) in [6.07, 6.45) is 1.89. The van der Waals surface area contributed by atoms with Crippen molar-refractivity contribution < 1.29 is 18.0 Å². The zero-order valence-corrected chi connectivity index (χ0v) is 25.6. The first kappa shape index (κ1) is 31.7. The highest BCUT2D eigenvalue weighted by Gasteiger charge is 2.34. The molecular formula is C29H32Cl3N3O4S. The molecule has 0 fully saturated rings. The summed E-state index contributed by atoms with van der Waals surface area (Å²) in [6, 6.07) is 19.6. The van der Waals surface area contributed by atoms with Gasteiger partial charge in [0, 0.05) is 29.1 Å². The van der Waals surface area contributed by atoms with Crippen LogP contribution in [0.15, 0.2) is 72.8 Å². The molecule has 0 saturated heterocycles. The molecule has 0 aromatic heterocycles. The molecule has 0 saturated carbocycles. The maximum absolute atomic E-state index is 14.1. The number of rotatable bonds is 12. The highest BCUT2D eigenvalue weighted by atomic mass is 35.5. The minimum atomic E-state index is -3.96. The van der Waals surface area contributed by atoms with Crippen molar-refractivity contribution in [1.82, 2.24) is 10.2 Å². The molecule has 3 aromatic carbocycles. The number of halogens is 3. The quantitative estimate of drug-likeness (QED) is 0.269. The Labute approximate surface area is 251 Å². The zero-order valence-electron chi connectivity index (χ0n) is 22.5. The molecule has 0 bridgehead atoms. The van der Waals surface area contributed by atoms with Crippen molar-refractivity contribution in [1.29, 1.82) is 0 Å². The minimum absolute atomic E-state index is 0.0180. The average Bonchev–Trinajstić information content (AvgIpc) is 2.90. The third kappa shape index (κ3) is 8.61. The summed E-state index contributed by atoms with van der Waals surface area (Å²) in [5.74, 6) is -0.953. The summed E-state index contributed by atoms with van der Waals surface area (Å²) < 4.78 is 26.7. The number of carbonyl (C=O) groups excluding carboxylic acids is 2. The lowest BCUT2D eigenvalue weighted by Crippen LogP contribution is -2.54. The van der Waals surface area contributed by atoms with Gasteiger partial charge in [0.1, 0.15) is 12.6 Å². The van der Waals surface area contributed by atoms with Crippen molar-refractivity contribution in [3.63, 3.8) is 0 Å². The molecule has 3 rings (SSSR count). The van der Waals surface area contributed by atoms with Gasteiger partial charge in [-0.25, -0.2) is 8.42 Å². The van der Waals surface area contributed by atoms with Crippen LogP contribution < -0.4 is 9.62 Å². The molecule has 0 aliphatic rings. The molecule has 0 radical (unpaired) electrons. The van der Waals surface area contributed by atoms with Crippen LogP contribution in [0.2, 0.25) is 15.1 Å². The number of nitrogens with zero attached hydrogens (tertiary/aromatic N) is 2. The number of hydrogen-bond donors (Lipinski definition) is 1. The lowest BCUT2D eigenvalue weighted by atomic mass is 10.0. The molecule has 2 amide bonds. The van der Waals surface area contributed by atoms with Crippen LogP contribution in [0.1, 0.15) is 31.4 Å². The number of anilines is 1. The molecule has 0 spiro atoms. The van der Waals surface area contributed by atoms with E-state index >= 15 is 0 Å². The number of carbonyl (C=O) groups is 2. The highest BCUT2D eigenvalue weighted by molar-refractivity contribution is 7.92. The van der Waals surface area contributed by atoms with Crippen molar-refractivity contribution in [2.45, 2.75) is 45.3 Å². The van der Waals surface area contributed by atoms with Crippen LogP contribution in [0.5, 0.6) is 0 Å². The van der Waals surface area contributed by atoms with Crippen molar-refractivity contribution in [3.05, 3.63) is 99.0 Å². The molecule has 40 heavy (non-hydrogen) atoms. The zero-order chi connectivity index (χ0) is 29.4. The Morgan fingerprint density at radius 3 is 2.17 bits per heavy atom. The van der Waals surface area contributed by atoms with Gasteiger partial charge in [-0.05, 0) is 48.7 Å². The number of amides is 2. The molecule has 3 aromatic rings. The molecule has 0 unspecified atom stereocenters. The fourth-order valence-corrected chi connectivity index (χ4v) is 5.70. The number of benzene rings is 3. The van der Waals surface area contributed by atoms with Gasteiger partial charge in [0.15, 0.2) is 0 Å². The molecule has 0 aliphatic carbocycles. The average molecular weight is 625 g/mol. The smallest absolute Gasteiger partial charge is 0.244 e. The summed E-state index contributed by atoms with van der Waals surface area (Å²) in [5.41, 5.74) is 1.55. The molecule has 2 atom stereocenters. The van der Waals surface area contributed by atoms with E-state index in [-0.39, 0.29) is 35.6 Å². The summed E-state index contributed by atoms with van der Waals surface area (Å²) in [7, 11) is -3.96. The maximum atomic E-state index is 14.1. The topological polar surface area (TPSA) is 86.8 Å². The molecule has 11 heteroatoms. The predicted octanol–water partition coefficient (Wildman–Crippen LogP) is 5.97. The van der Waals surface area contributed by atoms with Gasteiger partial charge >= 0.3 is 0 Å². The first-order chi connectivity index (χ1) is 18.9. The summed E-state index contributed by atoms with van der Waals surface area (Å²) in [4.78, 5) is 29.1. The second-order valence-corrected chi connectivity index (χ2v) is 12.7. The Hall–Kier alpha value is -2.78. The summed E-state index contributed by atoms with van der Waals surface area (Å²) in [6.45, 7) is 3.22. The Kier molecular flexibility index (Phi) is 11.3. The standard InChI is InChI=1S/C29H32Cl3N3O4S/c1-4-20(2)33-29(37)27(16-21-10-6-5-7-11-21)34(18-22-12-8-9-13-24(22)31)28(36)19-35(40(3,38)39)26-15-14-23(30)17-25(26)32/h5-15,17,20,27H,4,16,18-19H2,1-3H3,(H,33,37)/t20-,27+/m1/s1. The Morgan fingerprint density at radius 1 is 0.925 bits per heavy atom. The van der Waals surface area contributed by atoms with Gasteiger partial charge < -0.3 is 10.2 Å². The van der Waals surface area contributed by atoms with E-state index in [1.807, 2.05) is 44.2 Å². The number of sulfonamides is 1. The van der Waals surface area contributed by atoms with Crippen LogP contribution in [0, 0.1) is 0 Å². The highest BCUT2D eigenvalue weighted by Crippen LogP contribution is 2.31. The van der Waals surface area contributed by atoms with E-state index in [1.165, 1.54) is 23.1 Å². The van der Waals surface area contributed by atoms with E-state index in [0.717, 1.165) is 16.1 Å². The largest absolute Gasteiger partial charge is 0.352 e. The monoisotopic (exact) mass is 623 g/mol. The van der Waals surface area contributed by atoms with Crippen molar-refractivity contribution in [2.75, 3.05) is 17.1 Å². The molecular weight excluding hydrogens is 593 g/mol. The maximum Gasteiger partial charge on any atom is 0.244 e. The van der Waals surface area contributed by atoms with Crippen LogP contribution in [-0.2, 0) is 32.6 Å². The number of nitrogens with one attached hydrogen (secondary N) is 1. The van der Waals surface area contributed by atoms with Crippen LogP contribution in [0.3, 0.4) is 0 Å². The molecule has 0 heterocycles. The molecule has 7 nitrogen and oxygen atoms in total. The van der Waals surface area contributed by atoms with Crippen LogP contribution in [0.25, 0.3) is 0 Å². The van der Waals surface area contributed by atoms with Gasteiger partial charge in [0.2, 0.25) is 21.8 Å². The Morgan fingerprint density at radius 2 is 1.57 bits per heavy atom. The lowest BCUT2D eigenvalue weighted by molar-refractivity contribution is -0.140. The number of hydrogen-bond acceptors (Lipinski definition) is 4. The van der Waals surface area contributed by atoms with Gasteiger partial charge in [0.05, 0.1) is 17.0 Å². The van der Waals surface area contributed by atoms with E-state index < -0.39 is 28.5 Å². The summed E-state index contributed by atoms with van der Waals surface area (Å²) >= 11 is 18.8. The van der Waals surface area contributed by atoms with Gasteiger partial charge in [0.25, 0.3) is 0 Å². The van der Waals surface area contributed by atoms with Gasteiger partial charge in [-0.2, -0.15) is 0 Å². The minimum Gasteiger partial charge on any atom is -0.352 e. The van der Waals surface area contributed by atoms with Crippen LogP contribution in [-0.4, -0.2) is 50.0 Å². The normalized spacial score (nSPS) is 12.8. The molecule has 0 aliphatic heterocycles. The van der Waals surface area contributed by atoms with E-state index in [2.05, 4.69) is 5.32 Å². The Bertz CT molecular complexity index is 1440. The second-order valence-electron chi connectivity index (χ2n) is 9.50. The van der Waals surface area contributed by atoms with E-state index in [1.54, 1.807) is 24.3 Å². The van der Waals surface area contributed by atoms with E-state index in [9.17, 15) is 18.0 Å². The van der Waals surface area contributed by atoms with Gasteiger partial charge in [-0.3, -0.25) is 13.9 Å². The fourth-order valence-electron chi connectivity index (χ4n) is 4.08. The van der Waals surface area contributed by atoms with Crippen LogP contribution >= 0.6 is 34.8 Å². The van der Waals surface area contributed by atoms with Crippen LogP contribution in [0.4, 0.5) is 5.69 Å². The van der Waals surface area contributed by atoms with Gasteiger partial charge in [-0.15, -0.1) is 0 Å². The van der Waals surface area contributed by atoms with Gasteiger partial charge in [-0.1, -0.05) is 90.3 Å². The first-order valence-electron chi connectivity index (χ1n) is 12.7. The second kappa shape index (κ2) is 14.2. The predicted molar refractivity (Wildman–Crippen MR) is 162 cm³/mol. The molecule has 1 N–H and O–H groups in total. The van der Waals surface area contributed by atoms with Crippen molar-refractivity contribution in [2.24, 2.45) is 0 Å². The van der Waals surface area contributed by atoms with Crippen molar-refractivity contribution >= 4 is 62.3 Å². The SMILES string of the molecule is CC[C@@H](C)NC(=O)[C@H](Cc1ccccc1)N(Cc1ccccc1Cl)C(=O)CN(c1ccc(Cl)cc1Cl)S(C)(=O)=O. The van der Waals surface area contributed by atoms with E-state index in [0.29, 0.717) is 22.0 Å².